The summed E-state index contributed by atoms with van der Waals surface area (Å²) >= 11 is 1.60. The van der Waals surface area contributed by atoms with Crippen LogP contribution in [0.4, 0.5) is 0 Å². The Morgan fingerprint density at radius 2 is 2.50 bits per heavy atom. The fourth-order valence-electron chi connectivity index (χ4n) is 0.871. The maximum atomic E-state index is 10.4. The molecule has 2 atom stereocenters. The molecular weight excluding hydrogens is 146 g/mol. The first-order valence-corrected chi connectivity index (χ1v) is 4.12. The Bertz CT molecular complexity index is 167. The lowest BCUT2D eigenvalue weighted by Crippen LogP contribution is -2.31. The lowest BCUT2D eigenvalue weighted by molar-refractivity contribution is -0.110. The minimum absolute atomic E-state index is 0.0567. The zero-order chi connectivity index (χ0) is 7.56. The Morgan fingerprint density at radius 1 is 1.80 bits per heavy atom. The molecule has 0 aromatic rings. The first-order chi connectivity index (χ1) is 4.74. The van der Waals surface area contributed by atoms with Gasteiger partial charge in [0.25, 0.3) is 0 Å². The fourth-order valence-corrected chi connectivity index (χ4v) is 1.63. The number of carbonyl (C=O) groups excluding carboxylic acids is 1. The van der Waals surface area contributed by atoms with Crippen LogP contribution in [0.5, 0.6) is 0 Å². The smallest absolute Gasteiger partial charge is 0.128 e. The molecular formula is C7H11NOS. The molecule has 3 heteroatoms. The molecule has 1 rings (SSSR count). The molecule has 0 saturated carbocycles. The van der Waals surface area contributed by atoms with Crippen molar-refractivity contribution < 1.29 is 4.79 Å². The highest BCUT2D eigenvalue weighted by molar-refractivity contribution is 8.01. The largest absolute Gasteiger partial charge is 0.303 e. The lowest BCUT2D eigenvalue weighted by Gasteiger charge is -2.22. The molecule has 0 bridgehead atoms. The molecule has 1 aliphatic rings. The van der Waals surface area contributed by atoms with Gasteiger partial charge >= 0.3 is 0 Å². The molecule has 2 nitrogen and oxygen atoms in total. The van der Waals surface area contributed by atoms with E-state index in [4.69, 9.17) is 0 Å². The van der Waals surface area contributed by atoms with Crippen LogP contribution < -0.4 is 4.72 Å². The van der Waals surface area contributed by atoms with Crippen molar-refractivity contribution in [2.75, 3.05) is 0 Å². The van der Waals surface area contributed by atoms with Crippen LogP contribution in [-0.2, 0) is 4.79 Å². The maximum Gasteiger partial charge on any atom is 0.128 e. The van der Waals surface area contributed by atoms with Crippen LogP contribution >= 0.6 is 11.9 Å². The normalized spacial score (nSPS) is 33.2. The molecule has 1 N–H and O–H groups in total. The van der Waals surface area contributed by atoms with Gasteiger partial charge in [-0.2, -0.15) is 0 Å². The van der Waals surface area contributed by atoms with Gasteiger partial charge in [0.1, 0.15) is 6.29 Å². The predicted octanol–water partition coefficient (Wildman–Crippen LogP) is 1.35. The number of hydrogen-bond donors (Lipinski definition) is 1. The lowest BCUT2D eigenvalue weighted by atomic mass is 10.0. The Labute approximate surface area is 65.2 Å². The Hall–Kier alpha value is -0.280. The van der Waals surface area contributed by atoms with Crippen LogP contribution in [0.15, 0.2) is 11.0 Å². The quantitative estimate of drug-likeness (QED) is 0.460. The van der Waals surface area contributed by atoms with E-state index in [0.717, 1.165) is 6.29 Å². The van der Waals surface area contributed by atoms with Crippen LogP contribution in [0.1, 0.15) is 13.8 Å². The minimum Gasteiger partial charge on any atom is -0.303 e. The third-order valence-corrected chi connectivity index (χ3v) is 2.52. The third-order valence-electron chi connectivity index (χ3n) is 1.57. The van der Waals surface area contributed by atoms with E-state index >= 15 is 0 Å². The monoisotopic (exact) mass is 157 g/mol. The SMILES string of the molecule is CC1=CC(C=O)C(C)NS1. The highest BCUT2D eigenvalue weighted by Crippen LogP contribution is 2.22. The maximum absolute atomic E-state index is 10.4. The summed E-state index contributed by atoms with van der Waals surface area (Å²) in [5, 5.41) is 0. The number of allylic oxidation sites excluding steroid dienone is 1. The van der Waals surface area contributed by atoms with Crippen LogP contribution in [0.3, 0.4) is 0 Å². The van der Waals surface area contributed by atoms with Crippen molar-refractivity contribution in [3.63, 3.8) is 0 Å². The number of hydrogen-bond acceptors (Lipinski definition) is 3. The second kappa shape index (κ2) is 3.21. The summed E-state index contributed by atoms with van der Waals surface area (Å²) in [5.74, 6) is 0.0567. The summed E-state index contributed by atoms with van der Waals surface area (Å²) in [6, 6.07) is 0.270. The Balaban J connectivity index is 2.67. The Kier molecular flexibility index (Phi) is 2.51. The van der Waals surface area contributed by atoms with E-state index in [-0.39, 0.29) is 12.0 Å². The minimum atomic E-state index is 0.0567. The number of rotatable bonds is 1. The van der Waals surface area contributed by atoms with Crippen molar-refractivity contribution in [1.82, 2.24) is 4.72 Å². The van der Waals surface area contributed by atoms with Gasteiger partial charge in [-0.3, -0.25) is 4.72 Å². The van der Waals surface area contributed by atoms with Gasteiger partial charge in [0.05, 0.1) is 0 Å². The molecule has 56 valence electrons. The summed E-state index contributed by atoms with van der Waals surface area (Å²) < 4.78 is 3.15. The number of nitrogens with one attached hydrogen (secondary N) is 1. The molecule has 0 aliphatic carbocycles. The van der Waals surface area contributed by atoms with Crippen LogP contribution in [0, 0.1) is 5.92 Å². The predicted molar refractivity (Wildman–Crippen MR) is 43.5 cm³/mol. The zero-order valence-electron chi connectivity index (χ0n) is 6.13. The highest BCUT2D eigenvalue weighted by Gasteiger charge is 2.18. The van der Waals surface area contributed by atoms with Gasteiger partial charge in [-0.25, -0.2) is 0 Å². The first-order valence-electron chi connectivity index (χ1n) is 3.30. The van der Waals surface area contributed by atoms with Crippen LogP contribution in [0.2, 0.25) is 0 Å². The molecule has 0 fully saturated rings. The van der Waals surface area contributed by atoms with Crippen molar-refractivity contribution in [2.45, 2.75) is 19.9 Å². The van der Waals surface area contributed by atoms with Gasteiger partial charge in [0, 0.05) is 12.0 Å². The summed E-state index contributed by atoms with van der Waals surface area (Å²) in [4.78, 5) is 11.6. The van der Waals surface area contributed by atoms with E-state index in [1.165, 1.54) is 4.91 Å². The van der Waals surface area contributed by atoms with E-state index in [1.54, 1.807) is 11.9 Å². The fraction of sp³-hybridized carbons (Fsp3) is 0.571. The molecule has 0 radical (unpaired) electrons. The third kappa shape index (κ3) is 1.61. The molecule has 0 aromatic carbocycles. The van der Waals surface area contributed by atoms with E-state index in [1.807, 2.05) is 19.9 Å². The summed E-state index contributed by atoms with van der Waals surface area (Å²) in [6.45, 7) is 4.01. The molecule has 1 heterocycles. The molecule has 1 aliphatic heterocycles. The number of aldehydes is 1. The second-order valence-electron chi connectivity index (χ2n) is 2.50. The molecule has 2 unspecified atom stereocenters. The van der Waals surface area contributed by atoms with E-state index in [0.29, 0.717) is 0 Å². The highest BCUT2D eigenvalue weighted by atomic mass is 32.2. The van der Waals surface area contributed by atoms with Gasteiger partial charge in [0.2, 0.25) is 0 Å². The summed E-state index contributed by atoms with van der Waals surface area (Å²) in [6.07, 6.45) is 2.99. The average Bonchev–Trinajstić information content (AvgIpc) is 1.94. The standard InChI is InChI=1S/C7H11NOS/c1-5-3-7(4-9)6(2)8-10-5/h3-4,6-8H,1-2H3. The van der Waals surface area contributed by atoms with E-state index < -0.39 is 0 Å². The zero-order valence-corrected chi connectivity index (χ0v) is 6.94. The Morgan fingerprint density at radius 3 is 3.00 bits per heavy atom. The van der Waals surface area contributed by atoms with Gasteiger partial charge in [-0.1, -0.05) is 6.08 Å². The van der Waals surface area contributed by atoms with Gasteiger partial charge < -0.3 is 4.79 Å². The van der Waals surface area contributed by atoms with Crippen LogP contribution in [0.25, 0.3) is 0 Å². The molecule has 0 amide bonds. The summed E-state index contributed by atoms with van der Waals surface area (Å²) in [7, 11) is 0. The molecule has 0 aromatic heterocycles. The topological polar surface area (TPSA) is 29.1 Å². The van der Waals surface area contributed by atoms with Gasteiger partial charge in [0.15, 0.2) is 0 Å². The van der Waals surface area contributed by atoms with Gasteiger partial charge in [-0.15, -0.1) is 0 Å². The van der Waals surface area contributed by atoms with E-state index in [9.17, 15) is 4.79 Å². The van der Waals surface area contributed by atoms with Crippen molar-refractivity contribution >= 4 is 18.2 Å². The van der Waals surface area contributed by atoms with E-state index in [2.05, 4.69) is 4.72 Å². The van der Waals surface area contributed by atoms with Crippen molar-refractivity contribution in [3.05, 3.63) is 11.0 Å². The molecule has 10 heavy (non-hydrogen) atoms. The van der Waals surface area contributed by atoms with Crippen LogP contribution in [-0.4, -0.2) is 12.3 Å². The first kappa shape index (κ1) is 7.82. The van der Waals surface area contributed by atoms with Crippen molar-refractivity contribution in [1.29, 1.82) is 0 Å². The molecule has 0 spiro atoms. The second-order valence-corrected chi connectivity index (χ2v) is 3.58. The van der Waals surface area contributed by atoms with Crippen molar-refractivity contribution in [2.24, 2.45) is 5.92 Å². The summed E-state index contributed by atoms with van der Waals surface area (Å²) in [5.41, 5.74) is 0. The van der Waals surface area contributed by atoms with Crippen molar-refractivity contribution in [3.8, 4) is 0 Å². The average molecular weight is 157 g/mol. The van der Waals surface area contributed by atoms with Gasteiger partial charge in [-0.05, 0) is 30.7 Å². The number of carbonyl (C=O) groups is 1. The molecule has 0 saturated heterocycles.